The number of aromatic nitrogens is 4. The summed E-state index contributed by atoms with van der Waals surface area (Å²) in [6, 6.07) is -1.29. The van der Waals surface area contributed by atoms with Crippen molar-refractivity contribution in [2.75, 3.05) is 38.7 Å². The summed E-state index contributed by atoms with van der Waals surface area (Å²) in [4.78, 5) is 83.2. The molecule has 0 bridgehead atoms. The Morgan fingerprint density at radius 1 is 0.672 bits per heavy atom. The van der Waals surface area contributed by atoms with Gasteiger partial charge in [-0.15, -0.1) is 10.2 Å². The molecule has 1 rings (SSSR count). The number of carboxylic acid groups (broad SMARTS) is 2. The van der Waals surface area contributed by atoms with Crippen molar-refractivity contribution in [3.8, 4) is 0 Å². The van der Waals surface area contributed by atoms with Gasteiger partial charge in [0.2, 0.25) is 27.7 Å². The van der Waals surface area contributed by atoms with Gasteiger partial charge in [0.05, 0.1) is 31.5 Å². The summed E-state index contributed by atoms with van der Waals surface area (Å²) < 4.78 is 37.2. The van der Waals surface area contributed by atoms with Gasteiger partial charge in [0.1, 0.15) is 18.4 Å². The number of nitrogens with zero attached hydrogens (tertiary/aromatic N) is 3. The molecule has 1 aromatic heterocycles. The molecule has 0 aromatic carbocycles. The second-order valence-electron chi connectivity index (χ2n) is 15.1. The lowest BCUT2D eigenvalue weighted by Gasteiger charge is -2.15. The van der Waals surface area contributed by atoms with Crippen LogP contribution in [0.5, 0.6) is 0 Å². The van der Waals surface area contributed by atoms with Crippen molar-refractivity contribution in [1.29, 1.82) is 0 Å². The standard InChI is InChI=1S/C40H69N7O13S/c1-2-32(48)21-22-34(40(55)56)42-37(51)23-20-31(39(53)54)29-33(49)30-60-27-26-59-25-24-41-36(50)19-16-28-61(57,58)45-38(52)18-15-13-11-9-7-5-3-4-6-8-10-12-14-17-35-43-46-47-44-35/h31,34H,2-30H2,1H3,(H,41,50)(H,42,51)(H,45,52)(H,53,54)(H,55,56)(H,43,44,46,47)/t31-,34?/m1/s1. The minimum Gasteiger partial charge on any atom is -0.481 e. The normalized spacial score (nSPS) is 12.3. The molecule has 0 radical (unpaired) electrons. The summed E-state index contributed by atoms with van der Waals surface area (Å²) in [6.07, 6.45) is 14.6. The van der Waals surface area contributed by atoms with Crippen LogP contribution in [0.3, 0.4) is 0 Å². The molecule has 6 N–H and O–H groups in total. The van der Waals surface area contributed by atoms with Crippen LogP contribution in [0.25, 0.3) is 0 Å². The quantitative estimate of drug-likeness (QED) is 0.0514. The molecule has 2 atom stereocenters. The Morgan fingerprint density at radius 3 is 1.87 bits per heavy atom. The lowest BCUT2D eigenvalue weighted by molar-refractivity contribution is -0.145. The van der Waals surface area contributed by atoms with Gasteiger partial charge in [-0.05, 0) is 32.1 Å². The van der Waals surface area contributed by atoms with Gasteiger partial charge in [-0.25, -0.2) is 13.2 Å². The highest BCUT2D eigenvalue weighted by Crippen LogP contribution is 2.15. The molecule has 61 heavy (non-hydrogen) atoms. The SMILES string of the molecule is CCC(=O)CCC(NC(=O)CC[C@H](CC(=O)COCCOCCNC(=O)CCCS(=O)(=O)NC(=O)CCCCCCCCCCCCCCCc1nn[nH]n1)C(=O)O)C(=O)O. The van der Waals surface area contributed by atoms with E-state index >= 15 is 0 Å². The lowest BCUT2D eigenvalue weighted by atomic mass is 9.97. The second-order valence-corrected chi connectivity index (χ2v) is 16.9. The smallest absolute Gasteiger partial charge is 0.326 e. The highest BCUT2D eigenvalue weighted by atomic mass is 32.2. The molecule has 21 heteroatoms. The van der Waals surface area contributed by atoms with Crippen LogP contribution in [0, 0.1) is 5.92 Å². The molecule has 0 aliphatic carbocycles. The maximum Gasteiger partial charge on any atom is 0.326 e. The third-order valence-electron chi connectivity index (χ3n) is 9.77. The summed E-state index contributed by atoms with van der Waals surface area (Å²) in [7, 11) is -3.85. The summed E-state index contributed by atoms with van der Waals surface area (Å²) in [5.41, 5.74) is 0. The van der Waals surface area contributed by atoms with E-state index in [0.29, 0.717) is 6.42 Å². The number of ether oxygens (including phenoxy) is 2. The number of amides is 3. The topological polar surface area (TPSA) is 303 Å². The number of Topliss-reactive ketones (excluding diaryl/α,β-unsaturated/α-hetero) is 2. The summed E-state index contributed by atoms with van der Waals surface area (Å²) in [5.74, 6) is -5.67. The van der Waals surface area contributed by atoms with Gasteiger partial charge in [-0.3, -0.25) is 33.5 Å². The van der Waals surface area contributed by atoms with Crippen LogP contribution < -0.4 is 15.4 Å². The van der Waals surface area contributed by atoms with Crippen molar-refractivity contribution < 1.29 is 61.7 Å². The molecule has 1 unspecified atom stereocenters. The van der Waals surface area contributed by atoms with Crippen molar-refractivity contribution in [2.24, 2.45) is 5.92 Å². The zero-order valence-electron chi connectivity index (χ0n) is 35.8. The molecule has 0 aliphatic rings. The van der Waals surface area contributed by atoms with E-state index in [1.165, 1.54) is 44.9 Å². The number of unbranched alkanes of at least 4 members (excludes halogenated alkanes) is 12. The molecule has 0 aliphatic heterocycles. The van der Waals surface area contributed by atoms with Gasteiger partial charge < -0.3 is 30.3 Å². The lowest BCUT2D eigenvalue weighted by Crippen LogP contribution is -2.41. The number of nitrogens with one attached hydrogen (secondary N) is 4. The Balaban J connectivity index is 2.02. The molecule has 1 aromatic rings. The van der Waals surface area contributed by atoms with E-state index in [0.717, 1.165) is 44.3 Å². The molecule has 0 fully saturated rings. The number of carbonyl (C=O) groups is 7. The fraction of sp³-hybridized carbons (Fsp3) is 0.800. The van der Waals surface area contributed by atoms with Crippen LogP contribution in [0.1, 0.15) is 154 Å². The first kappa shape index (κ1) is 54.6. The van der Waals surface area contributed by atoms with Gasteiger partial charge in [0, 0.05) is 51.5 Å². The predicted octanol–water partition coefficient (Wildman–Crippen LogP) is 3.35. The molecule has 1 heterocycles. The van der Waals surface area contributed by atoms with Crippen LogP contribution in [0.15, 0.2) is 0 Å². The van der Waals surface area contributed by atoms with E-state index in [4.69, 9.17) is 9.47 Å². The zero-order chi connectivity index (χ0) is 45.1. The van der Waals surface area contributed by atoms with Crippen molar-refractivity contribution in [1.82, 2.24) is 36.0 Å². The van der Waals surface area contributed by atoms with Crippen molar-refractivity contribution >= 4 is 51.2 Å². The Kier molecular flexibility index (Phi) is 30.7. The number of tetrazole rings is 1. The maximum atomic E-state index is 12.3. The van der Waals surface area contributed by atoms with Crippen LogP contribution >= 0.6 is 0 Å². The fourth-order valence-corrected chi connectivity index (χ4v) is 7.29. The minimum atomic E-state index is -3.85. The second kappa shape index (κ2) is 34.2. The molecular formula is C40H69N7O13S. The van der Waals surface area contributed by atoms with Gasteiger partial charge in [0.15, 0.2) is 11.6 Å². The first-order chi connectivity index (χ1) is 29.2. The first-order valence-electron chi connectivity index (χ1n) is 21.7. The fourth-order valence-electron chi connectivity index (χ4n) is 6.21. The van der Waals surface area contributed by atoms with Crippen molar-refractivity contribution in [3.63, 3.8) is 0 Å². The molecule has 0 saturated carbocycles. The number of aryl methyl sites for hydroxylation is 1. The number of hydrogen-bond acceptors (Lipinski definition) is 14. The zero-order valence-corrected chi connectivity index (χ0v) is 36.6. The largest absolute Gasteiger partial charge is 0.481 e. The van der Waals surface area contributed by atoms with Gasteiger partial charge in [0.25, 0.3) is 0 Å². The summed E-state index contributed by atoms with van der Waals surface area (Å²) in [6.45, 7) is 1.60. The number of carbonyl (C=O) groups excluding carboxylic acids is 5. The minimum absolute atomic E-state index is 0.00827. The van der Waals surface area contributed by atoms with Crippen molar-refractivity contribution in [3.05, 3.63) is 5.82 Å². The van der Waals surface area contributed by atoms with Crippen LogP contribution in [-0.4, -0.2) is 125 Å². The van der Waals surface area contributed by atoms with E-state index in [-0.39, 0.29) is 102 Å². The number of aromatic amines is 1. The number of H-pyrrole nitrogens is 1. The Morgan fingerprint density at radius 2 is 1.28 bits per heavy atom. The first-order valence-corrected chi connectivity index (χ1v) is 23.3. The average molecular weight is 888 g/mol. The molecule has 348 valence electrons. The Hall–Kier alpha value is -4.37. The molecule has 0 saturated heterocycles. The van der Waals surface area contributed by atoms with E-state index in [9.17, 15) is 52.2 Å². The number of ketones is 2. The van der Waals surface area contributed by atoms with Crippen LogP contribution in [-0.2, 0) is 59.5 Å². The maximum absolute atomic E-state index is 12.3. The number of hydrogen-bond donors (Lipinski definition) is 6. The highest BCUT2D eigenvalue weighted by Gasteiger charge is 2.25. The molecular weight excluding hydrogens is 819 g/mol. The average Bonchev–Trinajstić information content (AvgIpc) is 3.73. The highest BCUT2D eigenvalue weighted by molar-refractivity contribution is 7.90. The third-order valence-corrected chi connectivity index (χ3v) is 11.1. The monoisotopic (exact) mass is 887 g/mol. The number of rotatable bonds is 41. The van der Waals surface area contributed by atoms with Crippen LogP contribution in [0.4, 0.5) is 0 Å². The number of carboxylic acids is 2. The third kappa shape index (κ3) is 31.2. The van der Waals surface area contributed by atoms with Gasteiger partial charge >= 0.3 is 11.9 Å². The summed E-state index contributed by atoms with van der Waals surface area (Å²) in [5, 5.41) is 37.6. The Labute approximate surface area is 359 Å². The van der Waals surface area contributed by atoms with Crippen LogP contribution in [0.2, 0.25) is 0 Å². The van der Waals surface area contributed by atoms with E-state index in [1.807, 2.05) is 0 Å². The summed E-state index contributed by atoms with van der Waals surface area (Å²) >= 11 is 0. The van der Waals surface area contributed by atoms with Gasteiger partial charge in [-0.1, -0.05) is 82.8 Å². The molecule has 3 amide bonds. The predicted molar refractivity (Wildman–Crippen MR) is 222 cm³/mol. The number of aliphatic carboxylic acids is 2. The Bertz CT molecular complexity index is 1540. The van der Waals surface area contributed by atoms with E-state index < -0.39 is 57.9 Å². The van der Waals surface area contributed by atoms with E-state index in [2.05, 4.69) is 36.0 Å². The van der Waals surface area contributed by atoms with Gasteiger partial charge in [-0.2, -0.15) is 5.21 Å². The van der Waals surface area contributed by atoms with E-state index in [1.54, 1.807) is 6.92 Å². The molecule has 20 nitrogen and oxygen atoms in total. The number of sulfonamides is 1. The van der Waals surface area contributed by atoms with Crippen molar-refractivity contribution in [2.45, 2.75) is 161 Å². The molecule has 0 spiro atoms.